The Morgan fingerprint density at radius 2 is 1.91 bits per heavy atom. The van der Waals surface area contributed by atoms with Gasteiger partial charge >= 0.3 is 0 Å². The second-order valence-corrected chi connectivity index (χ2v) is 6.92. The zero-order chi connectivity index (χ0) is 15.9. The first-order valence-electron chi connectivity index (χ1n) is 8.66. The van der Waals surface area contributed by atoms with Crippen LogP contribution >= 0.6 is 0 Å². The minimum Gasteiger partial charge on any atom is -0.353 e. The lowest BCUT2D eigenvalue weighted by Gasteiger charge is -2.32. The number of benzene rings is 1. The van der Waals surface area contributed by atoms with Crippen LogP contribution in [-0.4, -0.2) is 18.5 Å². The molecule has 0 spiro atoms. The average Bonchev–Trinajstić information content (AvgIpc) is 2.53. The average molecular weight is 302 g/mol. The molecule has 1 amide bonds. The van der Waals surface area contributed by atoms with E-state index in [1.165, 1.54) is 18.4 Å². The van der Waals surface area contributed by atoms with Gasteiger partial charge in [-0.15, -0.1) is 0 Å². The van der Waals surface area contributed by atoms with Gasteiger partial charge in [0.15, 0.2) is 0 Å². The smallest absolute Gasteiger partial charge is 0.220 e. The standard InChI is InChI=1S/C19H30N2O/c1-14(2)17(15-8-4-3-5-9-15)12-19(22)21-18-11-7-6-10-16(18)13-20/h3-5,8-9,14,16-18H,6-7,10-13,20H2,1-2H3,(H,21,22). The van der Waals surface area contributed by atoms with E-state index < -0.39 is 0 Å². The van der Waals surface area contributed by atoms with Crippen LogP contribution in [0.15, 0.2) is 30.3 Å². The van der Waals surface area contributed by atoms with Crippen LogP contribution in [0.4, 0.5) is 0 Å². The molecule has 0 radical (unpaired) electrons. The van der Waals surface area contributed by atoms with Gasteiger partial charge in [-0.1, -0.05) is 57.0 Å². The third-order valence-corrected chi connectivity index (χ3v) is 5.00. The molecular formula is C19H30N2O. The minimum atomic E-state index is 0.174. The molecule has 122 valence electrons. The van der Waals surface area contributed by atoms with Gasteiger partial charge in [0.25, 0.3) is 0 Å². The van der Waals surface area contributed by atoms with E-state index in [-0.39, 0.29) is 17.9 Å². The van der Waals surface area contributed by atoms with Gasteiger partial charge in [-0.25, -0.2) is 0 Å². The molecule has 3 atom stereocenters. The monoisotopic (exact) mass is 302 g/mol. The normalized spacial score (nSPS) is 23.3. The topological polar surface area (TPSA) is 55.1 Å². The lowest BCUT2D eigenvalue weighted by atomic mass is 9.83. The molecule has 1 saturated carbocycles. The Morgan fingerprint density at radius 3 is 2.55 bits per heavy atom. The Morgan fingerprint density at radius 1 is 1.23 bits per heavy atom. The van der Waals surface area contributed by atoms with Crippen molar-refractivity contribution in [2.24, 2.45) is 17.6 Å². The summed E-state index contributed by atoms with van der Waals surface area (Å²) >= 11 is 0. The molecule has 0 aromatic heterocycles. The summed E-state index contributed by atoms with van der Waals surface area (Å²) in [5.41, 5.74) is 7.11. The van der Waals surface area contributed by atoms with Gasteiger partial charge in [0, 0.05) is 12.5 Å². The SMILES string of the molecule is CC(C)C(CC(=O)NC1CCCCC1CN)c1ccccc1. The van der Waals surface area contributed by atoms with E-state index in [1.54, 1.807) is 0 Å². The molecule has 0 heterocycles. The molecule has 1 aromatic carbocycles. The summed E-state index contributed by atoms with van der Waals surface area (Å²) in [4.78, 5) is 12.5. The van der Waals surface area contributed by atoms with Gasteiger partial charge in [-0.2, -0.15) is 0 Å². The van der Waals surface area contributed by atoms with Gasteiger partial charge in [-0.3, -0.25) is 4.79 Å². The first-order valence-corrected chi connectivity index (χ1v) is 8.66. The Labute approximate surface area is 134 Å². The maximum absolute atomic E-state index is 12.5. The van der Waals surface area contributed by atoms with Crippen molar-refractivity contribution in [3.8, 4) is 0 Å². The lowest BCUT2D eigenvalue weighted by Crippen LogP contribution is -2.45. The van der Waals surface area contributed by atoms with Crippen LogP contribution in [0.2, 0.25) is 0 Å². The molecule has 1 aliphatic carbocycles. The summed E-state index contributed by atoms with van der Waals surface area (Å²) in [6.45, 7) is 5.06. The van der Waals surface area contributed by atoms with Crippen LogP contribution in [0, 0.1) is 11.8 Å². The molecular weight excluding hydrogens is 272 g/mol. The summed E-state index contributed by atoms with van der Waals surface area (Å²) in [6.07, 6.45) is 5.23. The fourth-order valence-corrected chi connectivity index (χ4v) is 3.58. The Balaban J connectivity index is 1.96. The number of nitrogens with one attached hydrogen (secondary N) is 1. The van der Waals surface area contributed by atoms with Gasteiger partial charge < -0.3 is 11.1 Å². The molecule has 0 saturated heterocycles. The molecule has 1 aliphatic rings. The van der Waals surface area contributed by atoms with Crippen molar-refractivity contribution in [3.05, 3.63) is 35.9 Å². The molecule has 3 N–H and O–H groups in total. The molecule has 1 fully saturated rings. The van der Waals surface area contributed by atoms with Crippen molar-refractivity contribution in [1.29, 1.82) is 0 Å². The van der Waals surface area contributed by atoms with Crippen molar-refractivity contribution in [2.75, 3.05) is 6.54 Å². The van der Waals surface area contributed by atoms with Crippen LogP contribution in [-0.2, 0) is 4.79 Å². The van der Waals surface area contributed by atoms with Crippen LogP contribution in [0.3, 0.4) is 0 Å². The zero-order valence-corrected chi connectivity index (χ0v) is 13.9. The van der Waals surface area contributed by atoms with Crippen LogP contribution < -0.4 is 11.1 Å². The van der Waals surface area contributed by atoms with E-state index in [9.17, 15) is 4.79 Å². The van der Waals surface area contributed by atoms with Crippen molar-refractivity contribution in [3.63, 3.8) is 0 Å². The van der Waals surface area contributed by atoms with Gasteiger partial charge in [0.1, 0.15) is 0 Å². The predicted octanol–water partition coefficient (Wildman–Crippen LogP) is 3.45. The van der Waals surface area contributed by atoms with Crippen LogP contribution in [0.25, 0.3) is 0 Å². The number of carbonyl (C=O) groups is 1. The van der Waals surface area contributed by atoms with E-state index in [2.05, 4.69) is 31.3 Å². The predicted molar refractivity (Wildman–Crippen MR) is 91.6 cm³/mol. The van der Waals surface area contributed by atoms with E-state index in [1.807, 2.05) is 18.2 Å². The summed E-state index contributed by atoms with van der Waals surface area (Å²) in [6, 6.07) is 10.6. The Kier molecular flexibility index (Phi) is 6.44. The largest absolute Gasteiger partial charge is 0.353 e. The third-order valence-electron chi connectivity index (χ3n) is 5.00. The zero-order valence-electron chi connectivity index (χ0n) is 13.9. The maximum Gasteiger partial charge on any atom is 0.220 e. The first-order chi connectivity index (χ1) is 10.6. The van der Waals surface area contributed by atoms with E-state index in [0.717, 1.165) is 12.8 Å². The summed E-state index contributed by atoms with van der Waals surface area (Å²) in [7, 11) is 0. The van der Waals surface area contributed by atoms with Gasteiger partial charge in [0.05, 0.1) is 0 Å². The second kappa shape index (κ2) is 8.33. The van der Waals surface area contributed by atoms with Crippen molar-refractivity contribution < 1.29 is 4.79 Å². The maximum atomic E-state index is 12.5. The quantitative estimate of drug-likeness (QED) is 0.845. The summed E-state index contributed by atoms with van der Waals surface area (Å²) in [5, 5.41) is 3.26. The van der Waals surface area contributed by atoms with Crippen molar-refractivity contribution in [1.82, 2.24) is 5.32 Å². The van der Waals surface area contributed by atoms with Crippen molar-refractivity contribution >= 4 is 5.91 Å². The second-order valence-electron chi connectivity index (χ2n) is 6.92. The molecule has 2 rings (SSSR count). The molecule has 3 heteroatoms. The van der Waals surface area contributed by atoms with Crippen molar-refractivity contribution in [2.45, 2.75) is 57.9 Å². The highest BCUT2D eigenvalue weighted by Gasteiger charge is 2.27. The van der Waals surface area contributed by atoms with Crippen LogP contribution in [0.1, 0.15) is 57.4 Å². The fourth-order valence-electron chi connectivity index (χ4n) is 3.58. The summed E-state index contributed by atoms with van der Waals surface area (Å²) < 4.78 is 0. The highest BCUT2D eigenvalue weighted by Crippen LogP contribution is 2.28. The molecule has 0 aliphatic heterocycles. The lowest BCUT2D eigenvalue weighted by molar-refractivity contribution is -0.123. The number of nitrogens with two attached hydrogens (primary N) is 1. The highest BCUT2D eigenvalue weighted by atomic mass is 16.1. The number of hydrogen-bond acceptors (Lipinski definition) is 2. The third kappa shape index (κ3) is 4.57. The van der Waals surface area contributed by atoms with E-state index >= 15 is 0 Å². The number of rotatable bonds is 6. The number of amides is 1. The van der Waals surface area contributed by atoms with Gasteiger partial charge in [0.2, 0.25) is 5.91 Å². The molecule has 22 heavy (non-hydrogen) atoms. The first kappa shape index (κ1) is 17.0. The van der Waals surface area contributed by atoms with E-state index in [4.69, 9.17) is 5.73 Å². The number of carbonyl (C=O) groups excluding carboxylic acids is 1. The number of hydrogen-bond donors (Lipinski definition) is 2. The molecule has 3 nitrogen and oxygen atoms in total. The summed E-state index contributed by atoms with van der Waals surface area (Å²) in [5.74, 6) is 1.35. The molecule has 3 unspecified atom stereocenters. The minimum absolute atomic E-state index is 0.174. The highest BCUT2D eigenvalue weighted by molar-refractivity contribution is 5.77. The Hall–Kier alpha value is -1.35. The molecule has 1 aromatic rings. The van der Waals surface area contributed by atoms with Crippen LogP contribution in [0.5, 0.6) is 0 Å². The van der Waals surface area contributed by atoms with Gasteiger partial charge in [-0.05, 0) is 42.7 Å². The Bertz CT molecular complexity index is 458. The molecule has 0 bridgehead atoms. The fraction of sp³-hybridized carbons (Fsp3) is 0.632. The van der Waals surface area contributed by atoms with E-state index in [0.29, 0.717) is 24.8 Å².